The molecule has 20 heavy (non-hydrogen) atoms. The molecule has 0 radical (unpaired) electrons. The highest BCUT2D eigenvalue weighted by Crippen LogP contribution is 2.09. The van der Waals surface area contributed by atoms with Crippen LogP contribution in [-0.4, -0.2) is 4.98 Å². The number of hydrogen-bond acceptors (Lipinski definition) is 1. The first kappa shape index (κ1) is 16.8. The normalized spacial score (nSPS) is 10.6. The van der Waals surface area contributed by atoms with E-state index in [0.29, 0.717) is 6.42 Å². The van der Waals surface area contributed by atoms with Crippen LogP contribution in [0.4, 0.5) is 0 Å². The van der Waals surface area contributed by atoms with Gasteiger partial charge in [-0.15, -0.1) is 0 Å². The third-order valence-corrected chi connectivity index (χ3v) is 3.83. The van der Waals surface area contributed by atoms with Gasteiger partial charge in [0.1, 0.15) is 12.4 Å². The first-order valence-electron chi connectivity index (χ1n) is 8.31. The van der Waals surface area contributed by atoms with Crippen molar-refractivity contribution in [1.29, 1.82) is 5.26 Å². The molecule has 0 bridgehead atoms. The van der Waals surface area contributed by atoms with Gasteiger partial charge in [0.25, 0.3) is 5.82 Å². The first-order valence-corrected chi connectivity index (χ1v) is 8.31. The van der Waals surface area contributed by atoms with Crippen molar-refractivity contribution < 1.29 is 4.57 Å². The Morgan fingerprint density at radius 3 is 2.35 bits per heavy atom. The quantitative estimate of drug-likeness (QED) is 0.449. The molecule has 1 heterocycles. The van der Waals surface area contributed by atoms with Gasteiger partial charge in [0, 0.05) is 6.42 Å². The molecule has 112 valence electrons. The number of aryl methyl sites for hydroxylation is 2. The lowest BCUT2D eigenvalue weighted by atomic mass is 10.1. The average Bonchev–Trinajstić information content (AvgIpc) is 2.91. The Morgan fingerprint density at radius 1 is 1.05 bits per heavy atom. The zero-order chi connectivity index (χ0) is 14.5. The molecule has 1 aromatic rings. The smallest absolute Gasteiger partial charge is 0.248 e. The van der Waals surface area contributed by atoms with Crippen molar-refractivity contribution in [3.63, 3.8) is 0 Å². The molecule has 0 aliphatic heterocycles. The minimum absolute atomic E-state index is 0.596. The van der Waals surface area contributed by atoms with Crippen LogP contribution >= 0.6 is 0 Å². The fourth-order valence-corrected chi connectivity index (χ4v) is 2.59. The van der Waals surface area contributed by atoms with Crippen LogP contribution in [0.3, 0.4) is 0 Å². The van der Waals surface area contributed by atoms with Gasteiger partial charge in [0.15, 0.2) is 0 Å². The predicted molar refractivity (Wildman–Crippen MR) is 82.1 cm³/mol. The van der Waals surface area contributed by atoms with E-state index in [4.69, 9.17) is 5.26 Å². The molecule has 0 unspecified atom stereocenters. The topological polar surface area (TPSA) is 43.5 Å². The van der Waals surface area contributed by atoms with Crippen LogP contribution < -0.4 is 4.57 Å². The molecule has 3 heteroatoms. The molecule has 0 fully saturated rings. The number of unbranched alkanes of at least 4 members (excludes halogenated alkanes) is 8. The van der Waals surface area contributed by atoms with Gasteiger partial charge in [-0.25, -0.2) is 9.55 Å². The molecular formula is C17H30N3+. The fourth-order valence-electron chi connectivity index (χ4n) is 2.59. The van der Waals surface area contributed by atoms with Gasteiger partial charge in [0.05, 0.1) is 19.0 Å². The molecule has 0 aliphatic rings. The van der Waals surface area contributed by atoms with Gasteiger partial charge in [-0.1, -0.05) is 51.9 Å². The molecule has 1 rings (SSSR count). The van der Waals surface area contributed by atoms with E-state index in [2.05, 4.69) is 28.7 Å². The number of nitrogens with zero attached hydrogens (tertiary/aromatic N) is 2. The van der Waals surface area contributed by atoms with Crippen LogP contribution in [-0.2, 0) is 13.0 Å². The highest BCUT2D eigenvalue weighted by Gasteiger charge is 2.09. The number of imidazole rings is 1. The maximum Gasteiger partial charge on any atom is 0.255 e. The van der Waals surface area contributed by atoms with Crippen molar-refractivity contribution in [2.75, 3.05) is 0 Å². The molecule has 3 nitrogen and oxygen atoms in total. The largest absolute Gasteiger partial charge is 0.255 e. The van der Waals surface area contributed by atoms with Gasteiger partial charge in [-0.05, 0) is 12.8 Å². The van der Waals surface area contributed by atoms with Crippen molar-refractivity contribution in [3.8, 4) is 6.07 Å². The number of rotatable bonds is 12. The monoisotopic (exact) mass is 276 g/mol. The standard InChI is InChI=1S/C17H29N3/c1-2-3-4-5-6-7-8-9-10-15-20-16-14-19-17(20)12-11-13-18/h14,16H,2-12,15H2,1H3/p+1. The van der Waals surface area contributed by atoms with Crippen LogP contribution in [0.1, 0.15) is 77.0 Å². The molecule has 0 atom stereocenters. The lowest BCUT2D eigenvalue weighted by Gasteiger charge is -2.02. The number of H-pyrrole nitrogens is 1. The summed E-state index contributed by atoms with van der Waals surface area (Å²) in [5.41, 5.74) is 0. The summed E-state index contributed by atoms with van der Waals surface area (Å²) < 4.78 is 2.26. The maximum absolute atomic E-state index is 8.63. The lowest BCUT2D eigenvalue weighted by Crippen LogP contribution is -2.36. The highest BCUT2D eigenvalue weighted by atomic mass is 15.1. The Kier molecular flexibility index (Phi) is 9.65. The lowest BCUT2D eigenvalue weighted by molar-refractivity contribution is -0.703. The van der Waals surface area contributed by atoms with E-state index in [1.807, 2.05) is 6.20 Å². The fraction of sp³-hybridized carbons (Fsp3) is 0.765. The average molecular weight is 276 g/mol. The third-order valence-electron chi connectivity index (χ3n) is 3.83. The summed E-state index contributed by atoms with van der Waals surface area (Å²) in [5, 5.41) is 8.63. The molecule has 0 saturated heterocycles. The van der Waals surface area contributed by atoms with E-state index in [1.54, 1.807) is 0 Å². The molecule has 1 N–H and O–H groups in total. The van der Waals surface area contributed by atoms with E-state index in [1.165, 1.54) is 63.6 Å². The molecule has 0 saturated carbocycles. The maximum atomic E-state index is 8.63. The van der Waals surface area contributed by atoms with Crippen molar-refractivity contribution in [2.24, 2.45) is 0 Å². The molecule has 0 aliphatic carbocycles. The molecule has 0 amide bonds. The van der Waals surface area contributed by atoms with Gasteiger partial charge in [-0.3, -0.25) is 0 Å². The second-order valence-electron chi connectivity index (χ2n) is 5.59. The third kappa shape index (κ3) is 7.33. The zero-order valence-corrected chi connectivity index (χ0v) is 13.0. The van der Waals surface area contributed by atoms with E-state index >= 15 is 0 Å². The SMILES string of the molecule is CCCCCCCCCCC[n+]1cc[nH]c1CCC#N. The van der Waals surface area contributed by atoms with Crippen LogP contribution in [0, 0.1) is 11.3 Å². The van der Waals surface area contributed by atoms with Crippen molar-refractivity contribution in [1.82, 2.24) is 4.98 Å². The summed E-state index contributed by atoms with van der Waals surface area (Å²) in [6.45, 7) is 3.35. The van der Waals surface area contributed by atoms with Crippen LogP contribution in [0.5, 0.6) is 0 Å². The summed E-state index contributed by atoms with van der Waals surface area (Å²) in [6.07, 6.45) is 17.8. The van der Waals surface area contributed by atoms with Crippen LogP contribution in [0.25, 0.3) is 0 Å². The number of nitriles is 1. The van der Waals surface area contributed by atoms with E-state index in [9.17, 15) is 0 Å². The zero-order valence-electron chi connectivity index (χ0n) is 13.0. The van der Waals surface area contributed by atoms with E-state index in [0.717, 1.165) is 13.0 Å². The van der Waals surface area contributed by atoms with Gasteiger partial charge in [0.2, 0.25) is 0 Å². The number of nitrogens with one attached hydrogen (secondary N) is 1. The van der Waals surface area contributed by atoms with Crippen molar-refractivity contribution in [3.05, 3.63) is 18.2 Å². The Balaban J connectivity index is 2.01. The summed E-state index contributed by atoms with van der Waals surface area (Å²) in [5.74, 6) is 1.19. The summed E-state index contributed by atoms with van der Waals surface area (Å²) in [7, 11) is 0. The van der Waals surface area contributed by atoms with E-state index < -0.39 is 0 Å². The molecule has 1 aromatic heterocycles. The minimum Gasteiger partial charge on any atom is -0.248 e. The second-order valence-corrected chi connectivity index (χ2v) is 5.59. The Hall–Kier alpha value is -1.30. The number of aromatic amines is 1. The van der Waals surface area contributed by atoms with Crippen molar-refractivity contribution in [2.45, 2.75) is 84.1 Å². The second kappa shape index (κ2) is 11.5. The van der Waals surface area contributed by atoms with Crippen LogP contribution in [0.2, 0.25) is 0 Å². The molecule has 0 aromatic carbocycles. The Bertz CT molecular complexity index is 376. The highest BCUT2D eigenvalue weighted by molar-refractivity contribution is 4.82. The Labute approximate surface area is 124 Å². The van der Waals surface area contributed by atoms with E-state index in [-0.39, 0.29) is 0 Å². The van der Waals surface area contributed by atoms with Gasteiger partial charge in [-0.2, -0.15) is 5.26 Å². The van der Waals surface area contributed by atoms with Gasteiger partial charge < -0.3 is 0 Å². The minimum atomic E-state index is 0.596. The predicted octanol–water partition coefficient (Wildman–Crippen LogP) is 4.29. The van der Waals surface area contributed by atoms with Crippen LogP contribution in [0.15, 0.2) is 12.4 Å². The first-order chi connectivity index (χ1) is 9.88. The van der Waals surface area contributed by atoms with Crippen molar-refractivity contribution >= 4 is 0 Å². The molecular weight excluding hydrogens is 246 g/mol. The molecule has 0 spiro atoms. The van der Waals surface area contributed by atoms with Gasteiger partial charge >= 0.3 is 0 Å². The summed E-state index contributed by atoms with van der Waals surface area (Å²) in [4.78, 5) is 3.23. The summed E-state index contributed by atoms with van der Waals surface area (Å²) in [6, 6.07) is 2.20. The number of hydrogen-bond donors (Lipinski definition) is 1. The Morgan fingerprint density at radius 2 is 1.70 bits per heavy atom. The number of aromatic nitrogens is 2. The summed E-state index contributed by atoms with van der Waals surface area (Å²) >= 11 is 0.